The summed E-state index contributed by atoms with van der Waals surface area (Å²) in [5.41, 5.74) is 11.1. The maximum absolute atomic E-state index is 5.65. The summed E-state index contributed by atoms with van der Waals surface area (Å²) in [5.74, 6) is 0. The van der Waals surface area contributed by atoms with Gasteiger partial charge in [0.1, 0.15) is 0 Å². The lowest BCUT2D eigenvalue weighted by molar-refractivity contribution is 0.230. The SMILES string of the molecule is CNC(CN)CC(CCN)(NC)NC. The third-order valence-electron chi connectivity index (χ3n) is 2.82. The van der Waals surface area contributed by atoms with Crippen molar-refractivity contribution in [3.63, 3.8) is 0 Å². The second kappa shape index (κ2) is 7.14. The van der Waals surface area contributed by atoms with Gasteiger partial charge in [0.25, 0.3) is 0 Å². The summed E-state index contributed by atoms with van der Waals surface area (Å²) in [6.07, 6.45) is 1.81. The summed E-state index contributed by atoms with van der Waals surface area (Å²) in [6.45, 7) is 1.29. The van der Waals surface area contributed by atoms with Crippen molar-refractivity contribution in [1.29, 1.82) is 0 Å². The van der Waals surface area contributed by atoms with Crippen molar-refractivity contribution in [1.82, 2.24) is 16.0 Å². The Labute approximate surface area is 87.0 Å². The zero-order valence-electron chi connectivity index (χ0n) is 9.56. The highest BCUT2D eigenvalue weighted by Crippen LogP contribution is 2.12. The fourth-order valence-corrected chi connectivity index (χ4v) is 1.65. The molecular formula is C9H25N5. The van der Waals surface area contributed by atoms with Gasteiger partial charge in [-0.1, -0.05) is 0 Å². The van der Waals surface area contributed by atoms with E-state index in [4.69, 9.17) is 11.5 Å². The van der Waals surface area contributed by atoms with Crippen LogP contribution in [0.5, 0.6) is 0 Å². The highest BCUT2D eigenvalue weighted by atomic mass is 15.2. The molecule has 0 aliphatic heterocycles. The Morgan fingerprint density at radius 3 is 2.00 bits per heavy atom. The first-order valence-electron chi connectivity index (χ1n) is 5.13. The first-order valence-corrected chi connectivity index (χ1v) is 5.13. The number of nitrogens with two attached hydrogens (primary N) is 2. The van der Waals surface area contributed by atoms with Crippen molar-refractivity contribution in [2.45, 2.75) is 24.5 Å². The van der Waals surface area contributed by atoms with E-state index < -0.39 is 0 Å². The molecule has 0 saturated heterocycles. The molecule has 1 unspecified atom stereocenters. The van der Waals surface area contributed by atoms with Crippen LogP contribution in [-0.4, -0.2) is 45.9 Å². The lowest BCUT2D eigenvalue weighted by atomic mass is 9.96. The molecule has 5 heteroatoms. The van der Waals surface area contributed by atoms with Crippen molar-refractivity contribution in [3.8, 4) is 0 Å². The van der Waals surface area contributed by atoms with E-state index in [0.29, 0.717) is 19.1 Å². The van der Waals surface area contributed by atoms with E-state index in [-0.39, 0.29) is 5.66 Å². The predicted molar refractivity (Wildman–Crippen MR) is 61.0 cm³/mol. The van der Waals surface area contributed by atoms with Crippen LogP contribution >= 0.6 is 0 Å². The lowest BCUT2D eigenvalue weighted by Crippen LogP contribution is -2.58. The Bertz CT molecular complexity index is 131. The molecule has 7 N–H and O–H groups in total. The average Bonchev–Trinajstić information content (AvgIpc) is 2.24. The minimum atomic E-state index is -0.109. The minimum Gasteiger partial charge on any atom is -0.330 e. The van der Waals surface area contributed by atoms with Crippen LogP contribution in [0.3, 0.4) is 0 Å². The molecule has 86 valence electrons. The smallest absolute Gasteiger partial charge is 0.0710 e. The normalized spacial score (nSPS) is 14.4. The molecule has 14 heavy (non-hydrogen) atoms. The van der Waals surface area contributed by atoms with Crippen LogP contribution in [0, 0.1) is 0 Å². The van der Waals surface area contributed by atoms with Gasteiger partial charge < -0.3 is 27.4 Å². The standard InChI is InChI=1S/C9H25N5/c1-12-8(7-11)6-9(13-2,14-3)4-5-10/h8,12-14H,4-7,10-11H2,1-3H3. The number of hydrogen-bond donors (Lipinski definition) is 5. The molecule has 0 aromatic rings. The molecule has 0 radical (unpaired) electrons. The van der Waals surface area contributed by atoms with Crippen LogP contribution in [0.1, 0.15) is 12.8 Å². The minimum absolute atomic E-state index is 0.109. The van der Waals surface area contributed by atoms with Gasteiger partial charge in [-0.3, -0.25) is 0 Å². The molecule has 0 aromatic heterocycles. The molecular weight excluding hydrogens is 178 g/mol. The topological polar surface area (TPSA) is 88.1 Å². The maximum Gasteiger partial charge on any atom is 0.0710 e. The van der Waals surface area contributed by atoms with Crippen LogP contribution in [0.15, 0.2) is 0 Å². The summed E-state index contributed by atoms with van der Waals surface area (Å²) >= 11 is 0. The molecule has 0 aliphatic carbocycles. The van der Waals surface area contributed by atoms with E-state index in [1.165, 1.54) is 0 Å². The zero-order chi connectivity index (χ0) is 11.0. The monoisotopic (exact) mass is 203 g/mol. The summed E-state index contributed by atoms with van der Waals surface area (Å²) in [5, 5.41) is 9.75. The van der Waals surface area contributed by atoms with Gasteiger partial charge in [-0.05, 0) is 40.5 Å². The number of nitrogens with one attached hydrogen (secondary N) is 3. The summed E-state index contributed by atoms with van der Waals surface area (Å²) in [4.78, 5) is 0. The zero-order valence-corrected chi connectivity index (χ0v) is 9.56. The van der Waals surface area contributed by atoms with E-state index >= 15 is 0 Å². The fourth-order valence-electron chi connectivity index (χ4n) is 1.65. The van der Waals surface area contributed by atoms with E-state index in [2.05, 4.69) is 16.0 Å². The van der Waals surface area contributed by atoms with E-state index in [1.807, 2.05) is 21.1 Å². The Kier molecular flexibility index (Phi) is 7.04. The van der Waals surface area contributed by atoms with Crippen LogP contribution in [0.25, 0.3) is 0 Å². The average molecular weight is 203 g/mol. The molecule has 0 heterocycles. The summed E-state index contributed by atoms with van der Waals surface area (Å²) in [7, 11) is 5.81. The van der Waals surface area contributed by atoms with Crippen molar-refractivity contribution in [2.75, 3.05) is 34.2 Å². The molecule has 1 atom stereocenters. The molecule has 0 bridgehead atoms. The lowest BCUT2D eigenvalue weighted by Gasteiger charge is -2.36. The molecule has 5 nitrogen and oxygen atoms in total. The molecule has 0 rings (SSSR count). The predicted octanol–water partition coefficient (Wildman–Crippen LogP) is -1.59. The van der Waals surface area contributed by atoms with E-state index in [9.17, 15) is 0 Å². The maximum atomic E-state index is 5.65. The van der Waals surface area contributed by atoms with Gasteiger partial charge in [-0.25, -0.2) is 0 Å². The largest absolute Gasteiger partial charge is 0.330 e. The van der Waals surface area contributed by atoms with Crippen molar-refractivity contribution in [3.05, 3.63) is 0 Å². The van der Waals surface area contributed by atoms with Gasteiger partial charge in [-0.15, -0.1) is 0 Å². The molecule has 0 saturated carbocycles. The fraction of sp³-hybridized carbons (Fsp3) is 1.00. The second-order valence-electron chi connectivity index (χ2n) is 3.55. The van der Waals surface area contributed by atoms with E-state index in [0.717, 1.165) is 12.8 Å². The third-order valence-corrected chi connectivity index (χ3v) is 2.82. The number of hydrogen-bond acceptors (Lipinski definition) is 5. The number of rotatable bonds is 8. The first-order chi connectivity index (χ1) is 6.67. The molecule has 0 amide bonds. The van der Waals surface area contributed by atoms with Gasteiger partial charge in [0.2, 0.25) is 0 Å². The van der Waals surface area contributed by atoms with Crippen LogP contribution in [-0.2, 0) is 0 Å². The van der Waals surface area contributed by atoms with E-state index in [1.54, 1.807) is 0 Å². The van der Waals surface area contributed by atoms with Gasteiger partial charge in [-0.2, -0.15) is 0 Å². The third kappa shape index (κ3) is 3.89. The van der Waals surface area contributed by atoms with Gasteiger partial charge in [0.15, 0.2) is 0 Å². The summed E-state index contributed by atoms with van der Waals surface area (Å²) in [6, 6.07) is 0.307. The Hall–Kier alpha value is -0.200. The van der Waals surface area contributed by atoms with Crippen molar-refractivity contribution in [2.24, 2.45) is 11.5 Å². The highest BCUT2D eigenvalue weighted by Gasteiger charge is 2.27. The van der Waals surface area contributed by atoms with Crippen LogP contribution in [0.4, 0.5) is 0 Å². The Balaban J connectivity index is 4.31. The van der Waals surface area contributed by atoms with Gasteiger partial charge in [0, 0.05) is 12.6 Å². The molecule has 0 aliphatic rings. The van der Waals surface area contributed by atoms with Crippen LogP contribution in [0.2, 0.25) is 0 Å². The second-order valence-corrected chi connectivity index (χ2v) is 3.55. The number of likely N-dealkylation sites (N-methyl/N-ethyl adjacent to an activating group) is 1. The highest BCUT2D eigenvalue weighted by molar-refractivity contribution is 4.88. The molecule has 0 aromatic carbocycles. The Morgan fingerprint density at radius 1 is 1.14 bits per heavy atom. The molecule has 0 spiro atoms. The first kappa shape index (κ1) is 13.8. The summed E-state index contributed by atoms with van der Waals surface area (Å²) < 4.78 is 0. The molecule has 0 fully saturated rings. The van der Waals surface area contributed by atoms with Crippen molar-refractivity contribution < 1.29 is 0 Å². The van der Waals surface area contributed by atoms with Gasteiger partial charge in [0.05, 0.1) is 5.66 Å². The Morgan fingerprint density at radius 2 is 1.71 bits per heavy atom. The van der Waals surface area contributed by atoms with Crippen molar-refractivity contribution >= 4 is 0 Å². The quantitative estimate of drug-likeness (QED) is 0.307. The van der Waals surface area contributed by atoms with Gasteiger partial charge >= 0.3 is 0 Å². The van der Waals surface area contributed by atoms with Crippen LogP contribution < -0.4 is 27.4 Å².